The quantitative estimate of drug-likeness (QED) is 0.267. The molecule has 14 heteroatoms. The fourth-order valence-electron chi connectivity index (χ4n) is 1.16. The molecule has 2 rings (SSSR count). The van der Waals surface area contributed by atoms with E-state index in [1.54, 1.807) is 0 Å². The van der Waals surface area contributed by atoms with Crippen LogP contribution >= 0.6 is 0 Å². The molecule has 124 valence electrons. The van der Waals surface area contributed by atoms with E-state index < -0.39 is 98.0 Å². The molecule has 2 heterocycles. The van der Waals surface area contributed by atoms with Gasteiger partial charge in [0.05, 0.1) is 0 Å². The Kier molecular flexibility index (Phi) is 6.06. The number of hydrogen-bond acceptors (Lipinski definition) is 12. The normalized spacial score (nSPS) is 19.1. The Morgan fingerprint density at radius 2 is 1.04 bits per heavy atom. The summed E-state index contributed by atoms with van der Waals surface area (Å²) in [5.74, 6) is -5.83. The summed E-state index contributed by atoms with van der Waals surface area (Å²) in [5, 5.41) is 0. The third-order valence-electron chi connectivity index (χ3n) is 1.92. The van der Waals surface area contributed by atoms with Crippen molar-refractivity contribution in [1.29, 1.82) is 0 Å². The van der Waals surface area contributed by atoms with Gasteiger partial charge in [0, 0.05) is 0 Å². The first-order valence-corrected chi connectivity index (χ1v) is 11.9. The molecule has 0 bridgehead atoms. The van der Waals surface area contributed by atoms with Gasteiger partial charge < -0.3 is 0 Å². The molecule has 0 spiro atoms. The summed E-state index contributed by atoms with van der Waals surface area (Å²) in [6.07, 6.45) is -2.08. The third kappa shape index (κ3) is 5.87. The van der Waals surface area contributed by atoms with Gasteiger partial charge in [-0.3, -0.25) is 0 Å². The van der Waals surface area contributed by atoms with Crippen LogP contribution in [0.4, 0.5) is 0 Å². The molecule has 2 saturated heterocycles. The number of carbonyl (C=O) groups excluding carboxylic acids is 6. The molecular formula is C9H6O12Sb2. The molecule has 0 aromatic rings. The standard InChI is InChI=1S/3C3H4O4.2Sb/c3*4-2(5)1-3(6)7;;/h3*1H2,(H,4,5)(H,6,7);;/q;;;2*+3/p-6. The Hall–Kier alpha value is -1.54. The minimum absolute atomic E-state index is 0.577. The van der Waals surface area contributed by atoms with Gasteiger partial charge in [0.25, 0.3) is 0 Å². The van der Waals surface area contributed by atoms with E-state index in [9.17, 15) is 28.8 Å². The first-order valence-electron chi connectivity index (χ1n) is 5.67. The summed E-state index contributed by atoms with van der Waals surface area (Å²) in [6.45, 7) is 0. The molecule has 0 amide bonds. The van der Waals surface area contributed by atoms with Crippen molar-refractivity contribution >= 4 is 78.8 Å². The van der Waals surface area contributed by atoms with Gasteiger partial charge in [0.15, 0.2) is 0 Å². The fraction of sp³-hybridized carbons (Fsp3) is 0.333. The molecular weight excluding hydrogens is 544 g/mol. The zero-order valence-electron chi connectivity index (χ0n) is 10.9. The average molecular weight is 550 g/mol. The minimum atomic E-state index is -3.80. The Bertz CT molecular complexity index is 503. The average Bonchev–Trinajstić information content (AvgIpc) is 2.34. The van der Waals surface area contributed by atoms with E-state index in [-0.39, 0.29) is 0 Å². The molecule has 2 aliphatic rings. The van der Waals surface area contributed by atoms with Gasteiger partial charge in [0.2, 0.25) is 0 Å². The van der Waals surface area contributed by atoms with Gasteiger partial charge in [-0.1, -0.05) is 0 Å². The molecule has 0 atom stereocenters. The van der Waals surface area contributed by atoms with E-state index in [0.717, 1.165) is 0 Å². The zero-order valence-corrected chi connectivity index (χ0v) is 16.0. The molecule has 23 heavy (non-hydrogen) atoms. The van der Waals surface area contributed by atoms with Crippen molar-refractivity contribution < 1.29 is 46.9 Å². The molecule has 2 aliphatic heterocycles. The van der Waals surface area contributed by atoms with E-state index in [2.05, 4.69) is 18.1 Å². The second-order valence-corrected chi connectivity index (χ2v) is 9.44. The maximum atomic E-state index is 11.5. The number of hydrogen-bond donors (Lipinski definition) is 0. The Labute approximate surface area is 144 Å². The van der Waals surface area contributed by atoms with Crippen LogP contribution in [0, 0.1) is 0 Å². The summed E-state index contributed by atoms with van der Waals surface area (Å²) in [6, 6.07) is 0. The van der Waals surface area contributed by atoms with Gasteiger partial charge in [-0.05, 0) is 0 Å². The molecule has 12 nitrogen and oxygen atoms in total. The fourth-order valence-corrected chi connectivity index (χ4v) is 5.75. The number of rotatable bonds is 4. The van der Waals surface area contributed by atoms with Gasteiger partial charge >= 0.3 is 145 Å². The monoisotopic (exact) mass is 548 g/mol. The van der Waals surface area contributed by atoms with Crippen LogP contribution in [0.2, 0.25) is 0 Å². The van der Waals surface area contributed by atoms with Crippen LogP contribution < -0.4 is 0 Å². The molecule has 0 aromatic heterocycles. The Balaban J connectivity index is 1.77. The van der Waals surface area contributed by atoms with Gasteiger partial charge in [-0.25, -0.2) is 0 Å². The van der Waals surface area contributed by atoms with Gasteiger partial charge in [0.1, 0.15) is 0 Å². The van der Waals surface area contributed by atoms with Crippen LogP contribution in [0.5, 0.6) is 0 Å². The summed E-state index contributed by atoms with van der Waals surface area (Å²) in [7, 11) is 0. The molecule has 0 N–H and O–H groups in total. The van der Waals surface area contributed by atoms with Crippen molar-refractivity contribution in [2.24, 2.45) is 0 Å². The molecule has 0 radical (unpaired) electrons. The van der Waals surface area contributed by atoms with E-state index in [4.69, 9.17) is 0 Å². The van der Waals surface area contributed by atoms with Crippen LogP contribution in [-0.4, -0.2) is 78.8 Å². The van der Waals surface area contributed by atoms with Crippen molar-refractivity contribution in [3.63, 3.8) is 0 Å². The van der Waals surface area contributed by atoms with E-state index >= 15 is 0 Å². The van der Waals surface area contributed by atoms with Crippen molar-refractivity contribution in [3.05, 3.63) is 0 Å². The van der Waals surface area contributed by atoms with Gasteiger partial charge in [-0.2, -0.15) is 0 Å². The van der Waals surface area contributed by atoms with Crippen molar-refractivity contribution in [2.75, 3.05) is 0 Å². The van der Waals surface area contributed by atoms with E-state index in [0.29, 0.717) is 0 Å². The van der Waals surface area contributed by atoms with Crippen molar-refractivity contribution in [1.82, 2.24) is 0 Å². The molecule has 2 fully saturated rings. The van der Waals surface area contributed by atoms with Crippen molar-refractivity contribution in [3.8, 4) is 0 Å². The first-order chi connectivity index (χ1) is 10.8. The second kappa shape index (κ2) is 7.83. The topological polar surface area (TPSA) is 158 Å². The second-order valence-electron chi connectivity index (χ2n) is 3.76. The summed E-state index contributed by atoms with van der Waals surface area (Å²) in [5.41, 5.74) is 0. The van der Waals surface area contributed by atoms with Crippen molar-refractivity contribution in [2.45, 2.75) is 19.3 Å². The third-order valence-corrected chi connectivity index (χ3v) is 7.96. The predicted molar refractivity (Wildman–Crippen MR) is 61.9 cm³/mol. The van der Waals surface area contributed by atoms with Gasteiger partial charge in [-0.15, -0.1) is 0 Å². The molecule has 0 aliphatic carbocycles. The maximum absolute atomic E-state index is 11.5. The van der Waals surface area contributed by atoms with E-state index in [1.807, 2.05) is 0 Å². The van der Waals surface area contributed by atoms with E-state index in [1.165, 1.54) is 0 Å². The van der Waals surface area contributed by atoms with Crippen LogP contribution in [0.3, 0.4) is 0 Å². The zero-order chi connectivity index (χ0) is 17.0. The number of carbonyl (C=O) groups is 6. The van der Waals surface area contributed by atoms with Crippen LogP contribution in [0.1, 0.15) is 19.3 Å². The summed E-state index contributed by atoms with van der Waals surface area (Å²) in [4.78, 5) is 66.7. The summed E-state index contributed by atoms with van der Waals surface area (Å²) < 4.78 is 27.5. The molecule has 0 aromatic carbocycles. The Morgan fingerprint density at radius 1 is 0.739 bits per heavy atom. The molecule has 0 unspecified atom stereocenters. The first kappa shape index (κ1) is 17.8. The van der Waals surface area contributed by atoms with Crippen LogP contribution in [0.15, 0.2) is 0 Å². The SMILES string of the molecule is O=C1CC(=O)[O][Sb]([O]C(=O)CC(=O)[O][Sb]2[O]C(=O)CC(=O)[O]2)[O]1. The summed E-state index contributed by atoms with van der Waals surface area (Å²) >= 11 is -7.60. The van der Waals surface area contributed by atoms with Crippen LogP contribution in [-0.2, 0) is 46.9 Å². The molecule has 0 saturated carbocycles. The van der Waals surface area contributed by atoms with Crippen LogP contribution in [0.25, 0.3) is 0 Å². The predicted octanol–water partition coefficient (Wildman–Crippen LogP) is -2.59. The Morgan fingerprint density at radius 3 is 1.35 bits per heavy atom.